The Morgan fingerprint density at radius 1 is 1.37 bits per heavy atom. The van der Waals surface area contributed by atoms with Crippen LogP contribution in [-0.2, 0) is 6.42 Å². The average Bonchev–Trinajstić information content (AvgIpc) is 2.47. The van der Waals surface area contributed by atoms with Crippen molar-refractivity contribution in [3.8, 4) is 0 Å². The molecule has 2 atom stereocenters. The molecule has 0 radical (unpaired) electrons. The number of benzene rings is 1. The van der Waals surface area contributed by atoms with Gasteiger partial charge in [0.2, 0.25) is 0 Å². The highest BCUT2D eigenvalue weighted by Crippen LogP contribution is 2.22. The van der Waals surface area contributed by atoms with E-state index in [0.717, 1.165) is 24.0 Å². The molecule has 104 valence electrons. The summed E-state index contributed by atoms with van der Waals surface area (Å²) in [6.45, 7) is 5.48. The van der Waals surface area contributed by atoms with E-state index in [1.165, 1.54) is 0 Å². The molecule has 0 bridgehead atoms. The normalized spacial score (nSPS) is 23.4. The third-order valence-electron chi connectivity index (χ3n) is 4.13. The van der Waals surface area contributed by atoms with E-state index in [2.05, 4.69) is 13.8 Å². The number of rotatable bonds is 3. The van der Waals surface area contributed by atoms with Gasteiger partial charge in [-0.25, -0.2) is 0 Å². The summed E-state index contributed by atoms with van der Waals surface area (Å²) in [7, 11) is 0. The molecule has 1 heterocycles. The first kappa shape index (κ1) is 14.1. The minimum Gasteiger partial charge on any atom is -0.393 e. The van der Waals surface area contributed by atoms with Crippen molar-refractivity contribution >= 4 is 5.91 Å². The predicted octanol–water partition coefficient (Wildman–Crippen LogP) is 2.48. The van der Waals surface area contributed by atoms with Crippen LogP contribution in [0.3, 0.4) is 0 Å². The van der Waals surface area contributed by atoms with Gasteiger partial charge in [0.05, 0.1) is 6.10 Å². The first-order valence-corrected chi connectivity index (χ1v) is 7.22. The number of piperidine rings is 1. The summed E-state index contributed by atoms with van der Waals surface area (Å²) in [5, 5.41) is 9.90. The van der Waals surface area contributed by atoms with Crippen molar-refractivity contribution in [1.82, 2.24) is 4.90 Å². The Bertz CT molecular complexity index is 444. The number of aliphatic hydroxyl groups is 1. The van der Waals surface area contributed by atoms with Crippen LogP contribution < -0.4 is 0 Å². The second-order valence-corrected chi connectivity index (χ2v) is 5.29. The van der Waals surface area contributed by atoms with Crippen LogP contribution in [0, 0.1) is 5.92 Å². The maximum Gasteiger partial charge on any atom is 0.254 e. The maximum atomic E-state index is 12.6. The topological polar surface area (TPSA) is 40.5 Å². The maximum absolute atomic E-state index is 12.6. The number of hydrogen-bond donors (Lipinski definition) is 1. The van der Waals surface area contributed by atoms with Crippen molar-refractivity contribution in [3.63, 3.8) is 0 Å². The molecular weight excluding hydrogens is 238 g/mol. The lowest BCUT2D eigenvalue weighted by molar-refractivity contribution is 0.0228. The molecule has 1 fully saturated rings. The zero-order valence-corrected chi connectivity index (χ0v) is 11.8. The molecule has 0 aromatic heterocycles. The van der Waals surface area contributed by atoms with E-state index >= 15 is 0 Å². The van der Waals surface area contributed by atoms with Crippen molar-refractivity contribution < 1.29 is 9.90 Å². The number of carbonyl (C=O) groups excluding carboxylic acids is 1. The number of nitrogens with zero attached hydrogens (tertiary/aromatic N) is 1. The fourth-order valence-corrected chi connectivity index (χ4v) is 2.81. The fourth-order valence-electron chi connectivity index (χ4n) is 2.81. The summed E-state index contributed by atoms with van der Waals surface area (Å²) in [6.07, 6.45) is 2.23. The van der Waals surface area contributed by atoms with Crippen LogP contribution in [0.2, 0.25) is 0 Å². The van der Waals surface area contributed by atoms with E-state index in [0.29, 0.717) is 19.5 Å². The molecule has 1 N–H and O–H groups in total. The molecule has 3 heteroatoms. The fraction of sp³-hybridized carbons (Fsp3) is 0.562. The van der Waals surface area contributed by atoms with Gasteiger partial charge < -0.3 is 10.0 Å². The lowest BCUT2D eigenvalue weighted by Crippen LogP contribution is -2.46. The van der Waals surface area contributed by atoms with Crippen LogP contribution in [0.25, 0.3) is 0 Å². The Kier molecular flexibility index (Phi) is 4.59. The number of aliphatic hydroxyl groups excluding tert-OH is 1. The average molecular weight is 261 g/mol. The number of aryl methyl sites for hydroxylation is 1. The third-order valence-corrected chi connectivity index (χ3v) is 4.13. The molecule has 1 aromatic carbocycles. The van der Waals surface area contributed by atoms with Gasteiger partial charge in [-0.15, -0.1) is 0 Å². The lowest BCUT2D eigenvalue weighted by atomic mass is 9.91. The first-order valence-electron chi connectivity index (χ1n) is 7.22. The molecule has 1 aromatic rings. The van der Waals surface area contributed by atoms with Gasteiger partial charge in [0, 0.05) is 24.6 Å². The van der Waals surface area contributed by atoms with E-state index < -0.39 is 0 Å². The summed E-state index contributed by atoms with van der Waals surface area (Å²) < 4.78 is 0. The molecule has 2 unspecified atom stereocenters. The second-order valence-electron chi connectivity index (χ2n) is 5.29. The summed E-state index contributed by atoms with van der Waals surface area (Å²) in [5.41, 5.74) is 1.92. The highest BCUT2D eigenvalue weighted by molar-refractivity contribution is 5.95. The number of carbonyl (C=O) groups is 1. The Hall–Kier alpha value is -1.35. The molecule has 1 saturated heterocycles. The monoisotopic (exact) mass is 261 g/mol. The van der Waals surface area contributed by atoms with Gasteiger partial charge in [-0.2, -0.15) is 0 Å². The second kappa shape index (κ2) is 6.20. The van der Waals surface area contributed by atoms with Crippen molar-refractivity contribution in [2.24, 2.45) is 5.92 Å². The minimum absolute atomic E-state index is 0.114. The quantitative estimate of drug-likeness (QED) is 0.908. The van der Waals surface area contributed by atoms with E-state index in [1.54, 1.807) is 0 Å². The van der Waals surface area contributed by atoms with Gasteiger partial charge in [-0.1, -0.05) is 32.0 Å². The number of amides is 1. The third kappa shape index (κ3) is 2.98. The zero-order valence-electron chi connectivity index (χ0n) is 11.8. The largest absolute Gasteiger partial charge is 0.393 e. The van der Waals surface area contributed by atoms with Crippen molar-refractivity contribution in [2.45, 2.75) is 39.2 Å². The zero-order chi connectivity index (χ0) is 13.8. The minimum atomic E-state index is -0.254. The summed E-state index contributed by atoms with van der Waals surface area (Å²) in [6, 6.07) is 7.82. The highest BCUT2D eigenvalue weighted by Gasteiger charge is 2.29. The van der Waals surface area contributed by atoms with Gasteiger partial charge in [-0.3, -0.25) is 4.79 Å². The van der Waals surface area contributed by atoms with Gasteiger partial charge >= 0.3 is 0 Å². The molecule has 1 aliphatic heterocycles. The van der Waals surface area contributed by atoms with E-state index in [1.807, 2.05) is 29.2 Å². The van der Waals surface area contributed by atoms with Crippen LogP contribution in [0.4, 0.5) is 0 Å². The molecule has 0 spiro atoms. The number of likely N-dealkylation sites (tertiary alicyclic amines) is 1. The Labute approximate surface area is 115 Å². The highest BCUT2D eigenvalue weighted by atomic mass is 16.3. The molecule has 0 aliphatic carbocycles. The van der Waals surface area contributed by atoms with Crippen LogP contribution in [0.5, 0.6) is 0 Å². The summed E-state index contributed by atoms with van der Waals surface area (Å²) in [5.74, 6) is 0.328. The molecular formula is C16H23NO2. The van der Waals surface area contributed by atoms with Crippen LogP contribution in [0.1, 0.15) is 42.6 Å². The van der Waals surface area contributed by atoms with Crippen LogP contribution in [0.15, 0.2) is 24.3 Å². The standard InChI is InChI=1S/C16H23NO2/c1-3-12-7-5-6-8-14(12)16(19)17-10-9-15(18)13(4-2)11-17/h5-8,13,15,18H,3-4,9-11H2,1-2H3. The van der Waals surface area contributed by atoms with Crippen molar-refractivity contribution in [3.05, 3.63) is 35.4 Å². The lowest BCUT2D eigenvalue weighted by Gasteiger charge is -2.36. The van der Waals surface area contributed by atoms with Gasteiger partial charge in [0.15, 0.2) is 0 Å². The number of hydrogen-bond acceptors (Lipinski definition) is 2. The molecule has 1 amide bonds. The van der Waals surface area contributed by atoms with Gasteiger partial charge in [0.1, 0.15) is 0 Å². The van der Waals surface area contributed by atoms with E-state index in [9.17, 15) is 9.90 Å². The molecule has 1 aliphatic rings. The summed E-state index contributed by atoms with van der Waals surface area (Å²) >= 11 is 0. The SMILES string of the molecule is CCc1ccccc1C(=O)N1CCC(O)C(CC)C1. The first-order chi connectivity index (χ1) is 9.17. The van der Waals surface area contributed by atoms with Crippen LogP contribution in [-0.4, -0.2) is 35.1 Å². The smallest absolute Gasteiger partial charge is 0.254 e. The van der Waals surface area contributed by atoms with Crippen molar-refractivity contribution in [1.29, 1.82) is 0 Å². The van der Waals surface area contributed by atoms with Crippen molar-refractivity contribution in [2.75, 3.05) is 13.1 Å². The summed E-state index contributed by atoms with van der Waals surface area (Å²) in [4.78, 5) is 14.5. The van der Waals surface area contributed by atoms with Crippen LogP contribution >= 0.6 is 0 Å². The van der Waals surface area contributed by atoms with E-state index in [-0.39, 0.29) is 17.9 Å². The molecule has 3 nitrogen and oxygen atoms in total. The van der Waals surface area contributed by atoms with Gasteiger partial charge in [0.25, 0.3) is 5.91 Å². The molecule has 0 saturated carbocycles. The van der Waals surface area contributed by atoms with E-state index in [4.69, 9.17) is 0 Å². The van der Waals surface area contributed by atoms with Gasteiger partial charge in [-0.05, 0) is 30.9 Å². The molecule has 19 heavy (non-hydrogen) atoms. The Balaban J connectivity index is 2.15. The predicted molar refractivity (Wildman–Crippen MR) is 76.1 cm³/mol. The Morgan fingerprint density at radius 3 is 2.79 bits per heavy atom. The molecule has 2 rings (SSSR count). The Morgan fingerprint density at radius 2 is 2.11 bits per heavy atom.